The number of carbonyl (C=O) groups is 2. The third-order valence-electron chi connectivity index (χ3n) is 3.96. The molecule has 1 fully saturated rings. The van der Waals surface area contributed by atoms with Crippen LogP contribution in [-0.2, 0) is 9.53 Å². The quantitative estimate of drug-likeness (QED) is 0.557. The van der Waals surface area contributed by atoms with E-state index in [4.69, 9.17) is 4.74 Å². The summed E-state index contributed by atoms with van der Waals surface area (Å²) in [5.41, 5.74) is -0.505. The van der Waals surface area contributed by atoms with Gasteiger partial charge < -0.3 is 25.2 Å². The van der Waals surface area contributed by atoms with Crippen LogP contribution in [0.15, 0.2) is 4.99 Å². The largest absolute Gasteiger partial charge is 0.444 e. The molecule has 8 nitrogen and oxygen atoms in total. The van der Waals surface area contributed by atoms with Crippen molar-refractivity contribution in [1.82, 2.24) is 20.4 Å². The lowest BCUT2D eigenvalue weighted by molar-refractivity contribution is -0.127. The highest BCUT2D eigenvalue weighted by molar-refractivity contribution is 5.85. The molecule has 0 aliphatic carbocycles. The number of nitrogens with zero attached hydrogens (tertiary/aromatic N) is 3. The van der Waals surface area contributed by atoms with Crippen molar-refractivity contribution in [2.24, 2.45) is 10.9 Å². The van der Waals surface area contributed by atoms with Gasteiger partial charge in [-0.2, -0.15) is 0 Å². The van der Waals surface area contributed by atoms with Gasteiger partial charge in [0.25, 0.3) is 0 Å². The van der Waals surface area contributed by atoms with Crippen LogP contribution in [0.25, 0.3) is 0 Å². The molecule has 0 bridgehead atoms. The summed E-state index contributed by atoms with van der Waals surface area (Å²) in [5.74, 6) is 1.00. The van der Waals surface area contributed by atoms with Crippen molar-refractivity contribution in [3.8, 4) is 0 Å². The van der Waals surface area contributed by atoms with E-state index >= 15 is 0 Å². The first kappa shape index (κ1) is 23.0. The SMILES string of the molecule is CC(C)CNC(=NCC(=O)N(C)C)NC1CCCN(C(=O)OC(C)(C)C)C1. The van der Waals surface area contributed by atoms with Gasteiger partial charge in [0.15, 0.2) is 5.96 Å². The molecular weight excluding hydrogens is 346 g/mol. The van der Waals surface area contributed by atoms with E-state index < -0.39 is 5.60 Å². The lowest BCUT2D eigenvalue weighted by atomic mass is 10.1. The molecule has 0 radical (unpaired) electrons. The Morgan fingerprint density at radius 2 is 1.96 bits per heavy atom. The molecule has 1 aliphatic heterocycles. The molecule has 0 aromatic rings. The van der Waals surface area contributed by atoms with Crippen molar-refractivity contribution in [2.45, 2.75) is 59.1 Å². The Bertz CT molecular complexity index is 526. The molecular formula is C19H37N5O3. The molecule has 0 aromatic heterocycles. The number of amides is 2. The van der Waals surface area contributed by atoms with Gasteiger partial charge in [-0.25, -0.2) is 9.79 Å². The van der Waals surface area contributed by atoms with Gasteiger partial charge in [0.1, 0.15) is 12.1 Å². The third kappa shape index (κ3) is 9.49. The minimum Gasteiger partial charge on any atom is -0.444 e. The van der Waals surface area contributed by atoms with Gasteiger partial charge in [0, 0.05) is 39.8 Å². The van der Waals surface area contributed by atoms with Crippen LogP contribution in [0.5, 0.6) is 0 Å². The minimum atomic E-state index is -0.505. The van der Waals surface area contributed by atoms with Gasteiger partial charge in [-0.15, -0.1) is 0 Å². The maximum Gasteiger partial charge on any atom is 0.410 e. The fourth-order valence-corrected chi connectivity index (χ4v) is 2.52. The molecule has 0 aromatic carbocycles. The molecule has 2 N–H and O–H groups in total. The predicted octanol–water partition coefficient (Wildman–Crippen LogP) is 1.67. The van der Waals surface area contributed by atoms with Crippen LogP contribution in [0.2, 0.25) is 0 Å². The first-order valence-electron chi connectivity index (χ1n) is 9.71. The first-order chi connectivity index (χ1) is 12.5. The molecule has 1 saturated heterocycles. The standard InChI is InChI=1S/C19H37N5O3/c1-14(2)11-20-17(21-12-16(25)23(6)7)22-15-9-8-10-24(13-15)18(26)27-19(3,4)5/h14-15H,8-13H2,1-7H3,(H2,20,21,22). The van der Waals surface area contributed by atoms with Gasteiger partial charge in [-0.3, -0.25) is 4.79 Å². The summed E-state index contributed by atoms with van der Waals surface area (Å²) in [6, 6.07) is 0.0686. The summed E-state index contributed by atoms with van der Waals surface area (Å²) < 4.78 is 5.48. The van der Waals surface area contributed by atoms with Crippen molar-refractivity contribution >= 4 is 18.0 Å². The predicted molar refractivity (Wildman–Crippen MR) is 108 cm³/mol. The van der Waals surface area contributed by atoms with Crippen molar-refractivity contribution < 1.29 is 14.3 Å². The Kier molecular flexibility index (Phi) is 8.85. The van der Waals surface area contributed by atoms with E-state index in [2.05, 4.69) is 29.5 Å². The van der Waals surface area contributed by atoms with E-state index in [0.717, 1.165) is 19.4 Å². The first-order valence-corrected chi connectivity index (χ1v) is 9.71. The van der Waals surface area contributed by atoms with Crippen molar-refractivity contribution in [3.05, 3.63) is 0 Å². The normalized spacial score (nSPS) is 18.3. The minimum absolute atomic E-state index is 0.0559. The highest BCUT2D eigenvalue weighted by Gasteiger charge is 2.28. The summed E-state index contributed by atoms with van der Waals surface area (Å²) >= 11 is 0. The van der Waals surface area contributed by atoms with E-state index in [0.29, 0.717) is 25.0 Å². The summed E-state index contributed by atoms with van der Waals surface area (Å²) in [6.45, 7) is 11.9. The number of ether oxygens (including phenoxy) is 1. The molecule has 1 unspecified atom stereocenters. The van der Waals surface area contributed by atoms with Gasteiger partial charge in [-0.1, -0.05) is 13.8 Å². The van der Waals surface area contributed by atoms with Crippen LogP contribution in [0.3, 0.4) is 0 Å². The number of nitrogens with one attached hydrogen (secondary N) is 2. The van der Waals surface area contributed by atoms with E-state index in [1.54, 1.807) is 19.0 Å². The molecule has 1 aliphatic rings. The van der Waals surface area contributed by atoms with Gasteiger partial charge in [0.05, 0.1) is 0 Å². The molecule has 2 amide bonds. The van der Waals surface area contributed by atoms with Crippen LogP contribution < -0.4 is 10.6 Å². The number of piperidine rings is 1. The fourth-order valence-electron chi connectivity index (χ4n) is 2.52. The maximum atomic E-state index is 12.3. The summed E-state index contributed by atoms with van der Waals surface area (Å²) in [5, 5.41) is 6.65. The maximum absolute atomic E-state index is 12.3. The zero-order chi connectivity index (χ0) is 20.6. The van der Waals surface area contributed by atoms with Crippen LogP contribution in [0, 0.1) is 5.92 Å². The monoisotopic (exact) mass is 383 g/mol. The number of guanidine groups is 1. The van der Waals surface area contributed by atoms with Crippen molar-refractivity contribution in [3.63, 3.8) is 0 Å². The molecule has 27 heavy (non-hydrogen) atoms. The number of carbonyl (C=O) groups excluding carboxylic acids is 2. The zero-order valence-electron chi connectivity index (χ0n) is 18.0. The Labute approximate surface area is 163 Å². The topological polar surface area (TPSA) is 86.3 Å². The van der Waals surface area contributed by atoms with E-state index in [-0.39, 0.29) is 24.6 Å². The lowest BCUT2D eigenvalue weighted by Gasteiger charge is -2.35. The average molecular weight is 384 g/mol. The van der Waals surface area contributed by atoms with Gasteiger partial charge in [-0.05, 0) is 39.5 Å². The lowest BCUT2D eigenvalue weighted by Crippen LogP contribution is -2.53. The molecule has 8 heteroatoms. The van der Waals surface area contributed by atoms with Crippen LogP contribution in [0.1, 0.15) is 47.5 Å². The Hall–Kier alpha value is -1.99. The number of hydrogen-bond donors (Lipinski definition) is 2. The Morgan fingerprint density at radius 1 is 1.30 bits per heavy atom. The van der Waals surface area contributed by atoms with E-state index in [1.807, 2.05) is 20.8 Å². The number of likely N-dealkylation sites (tertiary alicyclic amines) is 1. The van der Waals surface area contributed by atoms with Crippen LogP contribution in [0.4, 0.5) is 4.79 Å². The molecule has 156 valence electrons. The average Bonchev–Trinajstić information content (AvgIpc) is 2.55. The van der Waals surface area contributed by atoms with Gasteiger partial charge in [0.2, 0.25) is 5.91 Å². The number of aliphatic imine (C=N–C) groups is 1. The second kappa shape index (κ2) is 10.4. The summed E-state index contributed by atoms with van der Waals surface area (Å²) in [7, 11) is 3.43. The fraction of sp³-hybridized carbons (Fsp3) is 0.842. The van der Waals surface area contributed by atoms with Gasteiger partial charge >= 0.3 is 6.09 Å². The second-order valence-electron chi connectivity index (χ2n) is 8.64. The number of hydrogen-bond acceptors (Lipinski definition) is 4. The second-order valence-corrected chi connectivity index (χ2v) is 8.64. The van der Waals surface area contributed by atoms with Crippen LogP contribution >= 0.6 is 0 Å². The number of rotatable bonds is 5. The zero-order valence-corrected chi connectivity index (χ0v) is 18.0. The highest BCUT2D eigenvalue weighted by Crippen LogP contribution is 2.15. The third-order valence-corrected chi connectivity index (χ3v) is 3.96. The Balaban J connectivity index is 2.70. The van der Waals surface area contributed by atoms with Crippen molar-refractivity contribution in [2.75, 3.05) is 40.3 Å². The van der Waals surface area contributed by atoms with E-state index in [1.165, 1.54) is 4.90 Å². The van der Waals surface area contributed by atoms with Crippen molar-refractivity contribution in [1.29, 1.82) is 0 Å². The molecule has 1 rings (SSSR count). The summed E-state index contributed by atoms with van der Waals surface area (Å²) in [4.78, 5) is 31.8. The Morgan fingerprint density at radius 3 is 2.52 bits per heavy atom. The molecule has 0 spiro atoms. The highest BCUT2D eigenvalue weighted by atomic mass is 16.6. The molecule has 1 atom stereocenters. The smallest absolute Gasteiger partial charge is 0.410 e. The number of likely N-dealkylation sites (N-methyl/N-ethyl adjacent to an activating group) is 1. The molecule has 0 saturated carbocycles. The molecule has 1 heterocycles. The van der Waals surface area contributed by atoms with E-state index in [9.17, 15) is 9.59 Å². The summed E-state index contributed by atoms with van der Waals surface area (Å²) in [6.07, 6.45) is 1.54. The van der Waals surface area contributed by atoms with Crippen LogP contribution in [-0.4, -0.2) is 79.7 Å².